The maximum atomic E-state index is 12.7. The lowest BCUT2D eigenvalue weighted by Crippen LogP contribution is -2.39. The van der Waals surface area contributed by atoms with Crippen molar-refractivity contribution in [1.29, 1.82) is 0 Å². The summed E-state index contributed by atoms with van der Waals surface area (Å²) in [5.74, 6) is 6.38. The molecule has 1 aliphatic carbocycles. The second-order valence-corrected chi connectivity index (χ2v) is 6.82. The zero-order valence-corrected chi connectivity index (χ0v) is 13.0. The fraction of sp³-hybridized carbons (Fsp3) is 0.588. The van der Waals surface area contributed by atoms with Crippen molar-refractivity contribution < 1.29 is 9.90 Å². The van der Waals surface area contributed by atoms with E-state index in [9.17, 15) is 4.79 Å². The van der Waals surface area contributed by atoms with Gasteiger partial charge in [0.15, 0.2) is 0 Å². The second-order valence-electron chi connectivity index (χ2n) is 5.91. The van der Waals surface area contributed by atoms with Gasteiger partial charge in [-0.1, -0.05) is 24.7 Å². The number of hydrogen-bond donors (Lipinski definition) is 1. The van der Waals surface area contributed by atoms with Gasteiger partial charge < -0.3 is 10.0 Å². The van der Waals surface area contributed by atoms with E-state index in [1.165, 1.54) is 37.0 Å². The van der Waals surface area contributed by atoms with E-state index < -0.39 is 0 Å². The van der Waals surface area contributed by atoms with E-state index in [0.29, 0.717) is 12.0 Å². The molecule has 3 rings (SSSR count). The first kappa shape index (κ1) is 14.6. The lowest BCUT2D eigenvalue weighted by molar-refractivity contribution is 0.0689. The zero-order valence-electron chi connectivity index (χ0n) is 12.2. The minimum absolute atomic E-state index is 0.142. The average Bonchev–Trinajstić information content (AvgIpc) is 3.23. The molecule has 1 aromatic heterocycles. The normalized spacial score (nSPS) is 22.3. The molecule has 3 nitrogen and oxygen atoms in total. The smallest absolute Gasteiger partial charge is 0.255 e. The average molecular weight is 303 g/mol. The molecule has 1 atom stereocenters. The number of rotatable bonds is 2. The van der Waals surface area contributed by atoms with Crippen molar-refractivity contribution in [3.8, 4) is 11.8 Å². The van der Waals surface area contributed by atoms with Gasteiger partial charge in [-0.05, 0) is 37.7 Å². The van der Waals surface area contributed by atoms with E-state index in [0.717, 1.165) is 29.8 Å². The van der Waals surface area contributed by atoms with Gasteiger partial charge in [-0.2, -0.15) is 0 Å². The lowest BCUT2D eigenvalue weighted by atomic mass is 9.96. The molecule has 1 amide bonds. The number of aliphatic hydroxyl groups excluding tert-OH is 1. The Morgan fingerprint density at radius 1 is 1.33 bits per heavy atom. The first-order chi connectivity index (χ1) is 10.3. The third-order valence-electron chi connectivity index (χ3n) is 4.64. The second kappa shape index (κ2) is 6.64. The van der Waals surface area contributed by atoms with E-state index in [1.54, 1.807) is 0 Å². The molecule has 1 saturated heterocycles. The Hall–Kier alpha value is -1.31. The van der Waals surface area contributed by atoms with Crippen molar-refractivity contribution in [2.75, 3.05) is 13.2 Å². The Bertz CT molecular complexity index is 563. The topological polar surface area (TPSA) is 40.5 Å². The van der Waals surface area contributed by atoms with Gasteiger partial charge in [0.05, 0.1) is 10.4 Å². The van der Waals surface area contributed by atoms with Gasteiger partial charge in [0.1, 0.15) is 6.61 Å². The van der Waals surface area contributed by atoms with Crippen LogP contribution in [-0.4, -0.2) is 35.1 Å². The molecule has 1 saturated carbocycles. The van der Waals surface area contributed by atoms with Crippen LogP contribution >= 0.6 is 11.3 Å². The molecule has 0 bridgehead atoms. The van der Waals surface area contributed by atoms with E-state index in [1.807, 2.05) is 11.4 Å². The summed E-state index contributed by atoms with van der Waals surface area (Å²) in [7, 11) is 0. The molecule has 2 aliphatic rings. The Kier molecular flexibility index (Phi) is 4.62. The lowest BCUT2D eigenvalue weighted by Gasteiger charge is -2.29. The fourth-order valence-electron chi connectivity index (χ4n) is 3.68. The highest BCUT2D eigenvalue weighted by Crippen LogP contribution is 2.36. The van der Waals surface area contributed by atoms with Crippen LogP contribution in [0, 0.1) is 17.8 Å². The quantitative estimate of drug-likeness (QED) is 0.854. The highest BCUT2D eigenvalue weighted by Gasteiger charge is 2.36. The number of nitrogens with zero attached hydrogens (tertiary/aromatic N) is 1. The summed E-state index contributed by atoms with van der Waals surface area (Å²) < 4.78 is 0. The molecule has 1 N–H and O–H groups in total. The predicted octanol–water partition coefficient (Wildman–Crippen LogP) is 2.89. The molecular weight excluding hydrogens is 282 g/mol. The Morgan fingerprint density at radius 3 is 2.90 bits per heavy atom. The summed E-state index contributed by atoms with van der Waals surface area (Å²) in [6.07, 6.45) is 7.51. The number of carbonyl (C=O) groups excluding carboxylic acids is 1. The highest BCUT2D eigenvalue weighted by atomic mass is 32.1. The molecule has 4 heteroatoms. The maximum Gasteiger partial charge on any atom is 0.255 e. The molecule has 2 fully saturated rings. The van der Waals surface area contributed by atoms with Crippen molar-refractivity contribution in [1.82, 2.24) is 4.90 Å². The van der Waals surface area contributed by atoms with Crippen LogP contribution in [0.4, 0.5) is 0 Å². The van der Waals surface area contributed by atoms with Gasteiger partial charge in [-0.3, -0.25) is 4.79 Å². The van der Waals surface area contributed by atoms with Crippen LogP contribution in [-0.2, 0) is 0 Å². The van der Waals surface area contributed by atoms with Crippen LogP contribution in [0.5, 0.6) is 0 Å². The third-order valence-corrected chi connectivity index (χ3v) is 5.49. The van der Waals surface area contributed by atoms with Crippen molar-refractivity contribution >= 4 is 17.2 Å². The highest BCUT2D eigenvalue weighted by molar-refractivity contribution is 7.10. The summed E-state index contributed by atoms with van der Waals surface area (Å²) in [6, 6.07) is 2.31. The number of hydrogen-bond acceptors (Lipinski definition) is 3. The van der Waals surface area contributed by atoms with Gasteiger partial charge in [-0.15, -0.1) is 11.3 Å². The van der Waals surface area contributed by atoms with Crippen molar-refractivity contribution in [3.63, 3.8) is 0 Å². The number of aliphatic hydroxyl groups is 1. The predicted molar refractivity (Wildman–Crippen MR) is 84.3 cm³/mol. The minimum atomic E-state index is -0.142. The SMILES string of the molecule is O=C(c1csc(C#CCO)c1)N1CCCC1C1CCCC1. The molecule has 0 spiro atoms. The molecule has 1 unspecified atom stereocenters. The number of carbonyl (C=O) groups is 1. The number of likely N-dealkylation sites (tertiary alicyclic amines) is 1. The van der Waals surface area contributed by atoms with Gasteiger partial charge in [0.25, 0.3) is 5.91 Å². The Morgan fingerprint density at radius 2 is 2.14 bits per heavy atom. The zero-order chi connectivity index (χ0) is 14.7. The molecule has 1 aromatic rings. The van der Waals surface area contributed by atoms with E-state index in [4.69, 9.17) is 5.11 Å². The molecule has 112 valence electrons. The first-order valence-electron chi connectivity index (χ1n) is 7.79. The molecular formula is C17H21NO2S. The summed E-state index contributed by atoms with van der Waals surface area (Å²) in [5, 5.41) is 10.6. The minimum Gasteiger partial charge on any atom is -0.384 e. The first-order valence-corrected chi connectivity index (χ1v) is 8.67. The van der Waals surface area contributed by atoms with Crippen LogP contribution in [0.15, 0.2) is 11.4 Å². The summed E-state index contributed by atoms with van der Waals surface area (Å²) >= 11 is 1.48. The van der Waals surface area contributed by atoms with Gasteiger partial charge in [-0.25, -0.2) is 0 Å². The monoisotopic (exact) mass is 303 g/mol. The van der Waals surface area contributed by atoms with Crippen LogP contribution in [0.2, 0.25) is 0 Å². The van der Waals surface area contributed by atoms with Crippen molar-refractivity contribution in [3.05, 3.63) is 21.9 Å². The van der Waals surface area contributed by atoms with Crippen molar-refractivity contribution in [2.45, 2.75) is 44.6 Å². The van der Waals surface area contributed by atoms with Crippen LogP contribution in [0.3, 0.4) is 0 Å². The maximum absolute atomic E-state index is 12.7. The number of thiophene rings is 1. The van der Waals surface area contributed by atoms with E-state index >= 15 is 0 Å². The summed E-state index contributed by atoms with van der Waals surface area (Å²) in [5.41, 5.74) is 0.757. The molecule has 1 aliphatic heterocycles. The fourth-order valence-corrected chi connectivity index (χ4v) is 4.43. The Balaban J connectivity index is 1.72. The largest absolute Gasteiger partial charge is 0.384 e. The molecule has 2 heterocycles. The van der Waals surface area contributed by atoms with E-state index in [2.05, 4.69) is 16.7 Å². The van der Waals surface area contributed by atoms with E-state index in [-0.39, 0.29) is 12.5 Å². The van der Waals surface area contributed by atoms with Crippen LogP contribution < -0.4 is 0 Å². The van der Waals surface area contributed by atoms with Gasteiger partial charge in [0.2, 0.25) is 0 Å². The standard InChI is InChI=1S/C17H21NO2S/c19-10-4-7-15-11-14(12-21-15)17(20)18-9-3-8-16(18)13-5-1-2-6-13/h11-13,16,19H,1-3,5-6,8-10H2. The number of amides is 1. The molecule has 0 radical (unpaired) electrons. The Labute approximate surface area is 130 Å². The van der Waals surface area contributed by atoms with Crippen LogP contribution in [0.25, 0.3) is 0 Å². The van der Waals surface area contributed by atoms with Crippen LogP contribution in [0.1, 0.15) is 53.8 Å². The molecule has 0 aromatic carbocycles. The summed E-state index contributed by atoms with van der Waals surface area (Å²) in [4.78, 5) is 15.7. The van der Waals surface area contributed by atoms with Gasteiger partial charge >= 0.3 is 0 Å². The van der Waals surface area contributed by atoms with Crippen molar-refractivity contribution in [2.24, 2.45) is 5.92 Å². The van der Waals surface area contributed by atoms with Gasteiger partial charge in [0, 0.05) is 18.0 Å². The summed E-state index contributed by atoms with van der Waals surface area (Å²) in [6.45, 7) is 0.755. The molecule has 21 heavy (non-hydrogen) atoms. The third kappa shape index (κ3) is 3.14.